The number of hydrogen-bond acceptors (Lipinski definition) is 10. The van der Waals surface area contributed by atoms with Gasteiger partial charge in [-0.15, -0.1) is 0 Å². The molecule has 4 bridgehead atoms. The van der Waals surface area contributed by atoms with Crippen molar-refractivity contribution in [3.05, 3.63) is 59.8 Å². The largest absolute Gasteiger partial charge is 0.493 e. The molecule has 0 radical (unpaired) electrons. The molecule has 0 aliphatic carbocycles. The molecule has 10 nitrogen and oxygen atoms in total. The van der Waals surface area contributed by atoms with Crippen molar-refractivity contribution in [3.8, 4) is 17.2 Å². The first-order valence-electron chi connectivity index (χ1n) is 14.5. The smallest absolute Gasteiger partial charge is 0.338 e. The van der Waals surface area contributed by atoms with E-state index >= 15 is 0 Å². The number of methoxy groups -OCH3 is 2. The molecule has 0 amide bonds. The van der Waals surface area contributed by atoms with E-state index in [1.807, 2.05) is 36.5 Å². The van der Waals surface area contributed by atoms with Gasteiger partial charge >= 0.3 is 5.97 Å². The summed E-state index contributed by atoms with van der Waals surface area (Å²) < 4.78 is 22.8. The molecule has 1 fully saturated rings. The minimum atomic E-state index is -0.405. The van der Waals surface area contributed by atoms with Gasteiger partial charge in [-0.3, -0.25) is 0 Å². The van der Waals surface area contributed by atoms with Crippen LogP contribution >= 0.6 is 0 Å². The molecule has 0 aromatic heterocycles. The lowest BCUT2D eigenvalue weighted by Crippen LogP contribution is -2.41. The molecule has 4 rings (SSSR count). The number of esters is 1. The zero-order chi connectivity index (χ0) is 29.0. The molecule has 4 N–H and O–H groups in total. The molecule has 2 aromatic rings. The Hall–Kier alpha value is -3.47. The second kappa shape index (κ2) is 15.5. The number of fused-ring (bicyclic) bond motifs is 5. The minimum Gasteiger partial charge on any atom is -0.493 e. The second-order valence-electron chi connectivity index (χ2n) is 10.6. The number of carbonyl (C=O) groups excluding carboxylic acids is 1. The Kier molecular flexibility index (Phi) is 11.5. The summed E-state index contributed by atoms with van der Waals surface area (Å²) in [6, 6.07) is 13.2. The topological polar surface area (TPSA) is 116 Å². The van der Waals surface area contributed by atoms with E-state index in [1.165, 1.54) is 7.11 Å². The Morgan fingerprint density at radius 3 is 2.34 bits per heavy atom. The second-order valence-corrected chi connectivity index (χ2v) is 10.6. The van der Waals surface area contributed by atoms with Crippen LogP contribution in [-0.2, 0) is 4.74 Å². The number of rotatable bonds is 5. The van der Waals surface area contributed by atoms with Crippen LogP contribution in [0.1, 0.15) is 48.0 Å². The molecule has 0 spiro atoms. The third-order valence-electron chi connectivity index (χ3n) is 7.75. The van der Waals surface area contributed by atoms with Gasteiger partial charge < -0.3 is 39.5 Å². The van der Waals surface area contributed by atoms with Gasteiger partial charge in [0, 0.05) is 38.4 Å². The van der Waals surface area contributed by atoms with E-state index in [1.54, 1.807) is 24.3 Å². The van der Waals surface area contributed by atoms with Crippen molar-refractivity contribution in [2.45, 2.75) is 38.1 Å². The van der Waals surface area contributed by atoms with Gasteiger partial charge in [0.2, 0.25) is 5.75 Å². The number of benzene rings is 2. The van der Waals surface area contributed by atoms with Crippen LogP contribution in [0.25, 0.3) is 5.70 Å². The van der Waals surface area contributed by atoms with E-state index in [-0.39, 0.29) is 6.04 Å². The average Bonchev–Trinajstić information content (AvgIpc) is 3.23. The first kappa shape index (κ1) is 30.5. The van der Waals surface area contributed by atoms with E-state index in [4.69, 9.17) is 30.5 Å². The molecule has 0 saturated carbocycles. The molecular formula is C31H45N5O5. The van der Waals surface area contributed by atoms with Gasteiger partial charge in [0.05, 0.1) is 38.7 Å². The fraction of sp³-hybridized carbons (Fsp3) is 0.516. The van der Waals surface area contributed by atoms with Crippen molar-refractivity contribution in [3.63, 3.8) is 0 Å². The predicted octanol–water partition coefficient (Wildman–Crippen LogP) is 3.32. The van der Waals surface area contributed by atoms with Crippen LogP contribution in [0, 0.1) is 0 Å². The Morgan fingerprint density at radius 2 is 1.61 bits per heavy atom. The first-order chi connectivity index (χ1) is 20.0. The van der Waals surface area contributed by atoms with E-state index in [0.717, 1.165) is 76.9 Å². The lowest BCUT2D eigenvalue weighted by atomic mass is 10.1. The summed E-state index contributed by atoms with van der Waals surface area (Å²) >= 11 is 0. The van der Waals surface area contributed by atoms with Gasteiger partial charge in [0.15, 0.2) is 11.5 Å². The molecule has 10 heteroatoms. The zero-order valence-electron chi connectivity index (χ0n) is 24.4. The lowest BCUT2D eigenvalue weighted by Gasteiger charge is -2.30. The van der Waals surface area contributed by atoms with Crippen LogP contribution < -0.4 is 25.8 Å². The van der Waals surface area contributed by atoms with Gasteiger partial charge in [-0.2, -0.15) is 0 Å². The number of ether oxygens (including phenoxy) is 4. The molecule has 224 valence electrons. The SMILES string of the molecule is COc1cc2cc(c1OC)OCCCC(N(N)/C=C(\N)c1ccccc1)CCN1CCCN(CCCOC2=O)CC1. The summed E-state index contributed by atoms with van der Waals surface area (Å²) in [5.74, 6) is 7.52. The van der Waals surface area contributed by atoms with Crippen LogP contribution in [0.5, 0.6) is 17.2 Å². The summed E-state index contributed by atoms with van der Waals surface area (Å²) in [6.45, 7) is 6.73. The molecule has 2 aliphatic heterocycles. The van der Waals surface area contributed by atoms with Crippen LogP contribution in [0.2, 0.25) is 0 Å². The number of nitrogens with zero attached hydrogens (tertiary/aromatic N) is 3. The van der Waals surface area contributed by atoms with Crippen molar-refractivity contribution < 1.29 is 23.7 Å². The molecule has 3 atom stereocenters. The lowest BCUT2D eigenvalue weighted by molar-refractivity contribution is 0.0487. The molecule has 2 aromatic carbocycles. The van der Waals surface area contributed by atoms with Crippen molar-refractivity contribution >= 4 is 11.7 Å². The van der Waals surface area contributed by atoms with Crippen LogP contribution in [-0.4, -0.2) is 93.5 Å². The first-order valence-corrected chi connectivity index (χ1v) is 14.5. The number of nitrogens with two attached hydrogens (primary N) is 2. The van der Waals surface area contributed by atoms with Crippen LogP contribution in [0.4, 0.5) is 0 Å². The van der Waals surface area contributed by atoms with Gasteiger partial charge in [-0.25, -0.2) is 10.6 Å². The molecule has 1 saturated heterocycles. The summed E-state index contributed by atoms with van der Waals surface area (Å²) in [6.07, 6.45) is 6.18. The molecule has 2 aliphatic rings. The normalized spacial score (nSPS) is 23.1. The van der Waals surface area contributed by atoms with Gasteiger partial charge in [0.1, 0.15) is 0 Å². The number of hydrogen-bond donors (Lipinski definition) is 2. The van der Waals surface area contributed by atoms with E-state index in [9.17, 15) is 4.79 Å². The van der Waals surface area contributed by atoms with Crippen LogP contribution in [0.3, 0.4) is 0 Å². The fourth-order valence-electron chi connectivity index (χ4n) is 5.41. The van der Waals surface area contributed by atoms with Crippen molar-refractivity contribution in [2.24, 2.45) is 11.6 Å². The van der Waals surface area contributed by atoms with Crippen molar-refractivity contribution in [1.82, 2.24) is 14.8 Å². The molecular weight excluding hydrogens is 522 g/mol. The third kappa shape index (κ3) is 8.76. The molecule has 41 heavy (non-hydrogen) atoms. The fourth-order valence-corrected chi connectivity index (χ4v) is 5.41. The van der Waals surface area contributed by atoms with Gasteiger partial charge in [0.25, 0.3) is 0 Å². The van der Waals surface area contributed by atoms with E-state index in [0.29, 0.717) is 41.7 Å². The molecule has 2 heterocycles. The third-order valence-corrected chi connectivity index (χ3v) is 7.75. The maximum atomic E-state index is 12.9. The van der Waals surface area contributed by atoms with Crippen LogP contribution in [0.15, 0.2) is 48.7 Å². The maximum absolute atomic E-state index is 12.9. The Balaban J connectivity index is 1.53. The van der Waals surface area contributed by atoms with Gasteiger partial charge in [-0.1, -0.05) is 30.3 Å². The van der Waals surface area contributed by atoms with Crippen molar-refractivity contribution in [2.75, 3.05) is 66.7 Å². The van der Waals surface area contributed by atoms with Gasteiger partial charge in [-0.05, 0) is 62.9 Å². The highest BCUT2D eigenvalue weighted by molar-refractivity contribution is 5.91. The summed E-state index contributed by atoms with van der Waals surface area (Å²) in [7, 11) is 3.09. The average molecular weight is 568 g/mol. The molecule has 3 unspecified atom stereocenters. The summed E-state index contributed by atoms with van der Waals surface area (Å²) in [5.41, 5.74) is 8.34. The Bertz CT molecular complexity index is 1150. The number of hydrazine groups is 1. The predicted molar refractivity (Wildman–Crippen MR) is 160 cm³/mol. The Labute approximate surface area is 243 Å². The Morgan fingerprint density at radius 1 is 0.902 bits per heavy atom. The minimum absolute atomic E-state index is 0.0695. The van der Waals surface area contributed by atoms with E-state index in [2.05, 4.69) is 9.80 Å². The van der Waals surface area contributed by atoms with Crippen molar-refractivity contribution in [1.29, 1.82) is 0 Å². The zero-order valence-corrected chi connectivity index (χ0v) is 24.4. The summed E-state index contributed by atoms with van der Waals surface area (Å²) in [4.78, 5) is 17.9. The summed E-state index contributed by atoms with van der Waals surface area (Å²) in [5, 5.41) is 1.76. The highest BCUT2D eigenvalue weighted by Gasteiger charge is 2.21. The highest BCUT2D eigenvalue weighted by Crippen LogP contribution is 2.39. The monoisotopic (exact) mass is 567 g/mol. The number of carbonyl (C=O) groups is 1. The van der Waals surface area contributed by atoms with E-state index < -0.39 is 5.97 Å². The highest BCUT2D eigenvalue weighted by atomic mass is 16.5. The maximum Gasteiger partial charge on any atom is 0.338 e. The quantitative estimate of drug-likeness (QED) is 0.317. The standard InChI is InChI=1S/C31H45N5O5/c1-38-28-21-25-22-29(30(28)39-2)40-19-6-11-26(36(33)23-27(32)24-9-4-3-5-10-24)12-16-35-14-7-13-34(17-18-35)15-8-20-41-31(25)37/h3-5,9-10,21-23,26H,6-8,11-20,32-33H2,1-2H3/b27-23-. The number of cyclic esters (lactones) is 1.